The Bertz CT molecular complexity index is 445. The first kappa shape index (κ1) is 12.3. The number of hydrogen-bond donors (Lipinski definition) is 1. The van der Waals surface area contributed by atoms with E-state index in [4.69, 9.17) is 0 Å². The van der Waals surface area contributed by atoms with Gasteiger partial charge in [-0.2, -0.15) is 0 Å². The van der Waals surface area contributed by atoms with Crippen molar-refractivity contribution in [1.82, 2.24) is 10.2 Å². The van der Waals surface area contributed by atoms with E-state index in [1.807, 2.05) is 6.92 Å². The molecule has 1 N–H and O–H groups in total. The Balaban J connectivity index is 2.22. The molecule has 2 heterocycles. The molecule has 2 atom stereocenters. The van der Waals surface area contributed by atoms with Crippen LogP contribution in [0.15, 0.2) is 0 Å². The average molecular weight is 260 g/mol. The molecule has 2 fully saturated rings. The van der Waals surface area contributed by atoms with Gasteiger partial charge in [0.2, 0.25) is 11.8 Å². The van der Waals surface area contributed by atoms with Crippen molar-refractivity contribution in [1.29, 1.82) is 0 Å². The molecule has 96 valence electrons. The lowest BCUT2D eigenvalue weighted by atomic mass is 10.1. The highest BCUT2D eigenvalue weighted by Crippen LogP contribution is 2.22. The van der Waals surface area contributed by atoms with Gasteiger partial charge in [-0.3, -0.25) is 9.59 Å². The lowest BCUT2D eigenvalue weighted by Crippen LogP contribution is -2.61. The molecule has 0 spiro atoms. The lowest BCUT2D eigenvalue weighted by Gasteiger charge is -2.38. The fourth-order valence-electron chi connectivity index (χ4n) is 2.51. The van der Waals surface area contributed by atoms with Crippen LogP contribution >= 0.6 is 0 Å². The second-order valence-corrected chi connectivity index (χ2v) is 6.73. The third-order valence-electron chi connectivity index (χ3n) is 3.33. The predicted octanol–water partition coefficient (Wildman–Crippen LogP) is -1.09. The predicted molar refractivity (Wildman–Crippen MR) is 61.0 cm³/mol. The zero-order valence-corrected chi connectivity index (χ0v) is 10.5. The molecule has 2 unspecified atom stereocenters. The van der Waals surface area contributed by atoms with Crippen molar-refractivity contribution >= 4 is 21.7 Å². The molecule has 2 amide bonds. The molecule has 0 aromatic heterocycles. The summed E-state index contributed by atoms with van der Waals surface area (Å²) in [5.74, 6) is -0.267. The summed E-state index contributed by atoms with van der Waals surface area (Å²) in [5, 5.41) is 2.53. The Morgan fingerprint density at radius 1 is 1.41 bits per heavy atom. The highest BCUT2D eigenvalue weighted by molar-refractivity contribution is 7.91. The van der Waals surface area contributed by atoms with Gasteiger partial charge in [-0.05, 0) is 12.8 Å². The van der Waals surface area contributed by atoms with Gasteiger partial charge in [-0.15, -0.1) is 0 Å². The van der Waals surface area contributed by atoms with Crippen LogP contribution in [0, 0.1) is 0 Å². The number of amides is 2. The minimum Gasteiger partial charge on any atom is -0.345 e. The lowest BCUT2D eigenvalue weighted by molar-refractivity contribution is -0.147. The Morgan fingerprint density at radius 3 is 2.65 bits per heavy atom. The average Bonchev–Trinajstić information content (AvgIpc) is 2.61. The van der Waals surface area contributed by atoms with Crippen LogP contribution in [0.3, 0.4) is 0 Å². The minimum atomic E-state index is -3.04. The maximum atomic E-state index is 11.8. The van der Waals surface area contributed by atoms with Crippen molar-refractivity contribution in [3.05, 3.63) is 0 Å². The van der Waals surface area contributed by atoms with E-state index in [-0.39, 0.29) is 35.9 Å². The number of nitrogens with zero attached hydrogens (tertiary/aromatic N) is 1. The smallest absolute Gasteiger partial charge is 0.243 e. The Labute approximate surface area is 100 Å². The summed E-state index contributed by atoms with van der Waals surface area (Å²) in [6.45, 7) is 1.80. The Kier molecular flexibility index (Phi) is 3.11. The van der Waals surface area contributed by atoms with Crippen molar-refractivity contribution in [3.8, 4) is 0 Å². The summed E-state index contributed by atoms with van der Waals surface area (Å²) in [6.07, 6.45) is 0.950. The van der Waals surface area contributed by atoms with Gasteiger partial charge in [-0.25, -0.2) is 8.42 Å². The normalized spacial score (nSPS) is 32.6. The zero-order valence-electron chi connectivity index (χ0n) is 9.68. The van der Waals surface area contributed by atoms with Crippen LogP contribution in [0.4, 0.5) is 0 Å². The van der Waals surface area contributed by atoms with Crippen LogP contribution in [-0.4, -0.2) is 55.3 Å². The second-order valence-electron chi connectivity index (χ2n) is 4.50. The molecule has 0 aromatic rings. The van der Waals surface area contributed by atoms with Crippen LogP contribution in [-0.2, 0) is 19.4 Å². The SMILES string of the molecule is CCC1C(=O)NCC(=O)N1C1CCS(=O)(=O)C1. The van der Waals surface area contributed by atoms with Crippen LogP contribution in [0.1, 0.15) is 19.8 Å². The van der Waals surface area contributed by atoms with E-state index in [9.17, 15) is 18.0 Å². The second kappa shape index (κ2) is 4.29. The van der Waals surface area contributed by atoms with Crippen LogP contribution in [0.2, 0.25) is 0 Å². The minimum absolute atomic E-state index is 0.0114. The first-order valence-electron chi connectivity index (χ1n) is 5.74. The summed E-state index contributed by atoms with van der Waals surface area (Å²) >= 11 is 0. The van der Waals surface area contributed by atoms with Gasteiger partial charge < -0.3 is 10.2 Å². The highest BCUT2D eigenvalue weighted by Gasteiger charge is 2.42. The molecule has 0 saturated carbocycles. The Morgan fingerprint density at radius 2 is 2.12 bits per heavy atom. The zero-order chi connectivity index (χ0) is 12.6. The van der Waals surface area contributed by atoms with Crippen molar-refractivity contribution in [2.75, 3.05) is 18.1 Å². The number of hydrogen-bond acceptors (Lipinski definition) is 4. The summed E-state index contributed by atoms with van der Waals surface area (Å²) in [5.41, 5.74) is 0. The van der Waals surface area contributed by atoms with E-state index in [1.54, 1.807) is 0 Å². The number of sulfone groups is 1. The fourth-order valence-corrected chi connectivity index (χ4v) is 4.22. The van der Waals surface area contributed by atoms with Gasteiger partial charge in [0.25, 0.3) is 0 Å². The monoisotopic (exact) mass is 260 g/mol. The van der Waals surface area contributed by atoms with E-state index in [1.165, 1.54) is 4.90 Å². The maximum Gasteiger partial charge on any atom is 0.243 e. The third kappa shape index (κ3) is 2.29. The van der Waals surface area contributed by atoms with Gasteiger partial charge in [0, 0.05) is 6.04 Å². The molecule has 0 aromatic carbocycles. The van der Waals surface area contributed by atoms with Crippen LogP contribution in [0.5, 0.6) is 0 Å². The molecule has 7 heteroatoms. The number of carbonyl (C=O) groups is 2. The maximum absolute atomic E-state index is 11.8. The number of nitrogens with one attached hydrogen (secondary N) is 1. The Hall–Kier alpha value is -1.11. The standard InChI is InChI=1S/C10H16N2O4S/c1-2-8-10(14)11-5-9(13)12(8)7-3-4-17(15,16)6-7/h7-8H,2-6H2,1H3,(H,11,14). The van der Waals surface area contributed by atoms with Crippen molar-refractivity contribution in [2.45, 2.75) is 31.8 Å². The molecule has 17 heavy (non-hydrogen) atoms. The molecule has 2 aliphatic rings. The van der Waals surface area contributed by atoms with Gasteiger partial charge in [0.05, 0.1) is 18.1 Å². The van der Waals surface area contributed by atoms with E-state index in [2.05, 4.69) is 5.32 Å². The van der Waals surface area contributed by atoms with Crippen LogP contribution < -0.4 is 5.32 Å². The number of piperazine rings is 1. The molecular weight excluding hydrogens is 244 g/mol. The van der Waals surface area contributed by atoms with E-state index < -0.39 is 15.9 Å². The van der Waals surface area contributed by atoms with Crippen molar-refractivity contribution in [3.63, 3.8) is 0 Å². The molecule has 0 radical (unpaired) electrons. The van der Waals surface area contributed by atoms with Gasteiger partial charge in [-0.1, -0.05) is 6.92 Å². The highest BCUT2D eigenvalue weighted by atomic mass is 32.2. The summed E-state index contributed by atoms with van der Waals surface area (Å²) in [7, 11) is -3.04. The first-order chi connectivity index (χ1) is 7.94. The van der Waals surface area contributed by atoms with Crippen molar-refractivity contribution < 1.29 is 18.0 Å². The van der Waals surface area contributed by atoms with E-state index >= 15 is 0 Å². The molecule has 2 aliphatic heterocycles. The number of rotatable bonds is 2. The fraction of sp³-hybridized carbons (Fsp3) is 0.800. The van der Waals surface area contributed by atoms with Crippen LogP contribution in [0.25, 0.3) is 0 Å². The molecule has 2 saturated heterocycles. The quantitative estimate of drug-likeness (QED) is 0.684. The summed E-state index contributed by atoms with van der Waals surface area (Å²) in [6, 6.07) is -0.849. The first-order valence-corrected chi connectivity index (χ1v) is 7.56. The van der Waals surface area contributed by atoms with E-state index in [0.29, 0.717) is 12.8 Å². The molecule has 0 aliphatic carbocycles. The topological polar surface area (TPSA) is 83.6 Å². The number of carbonyl (C=O) groups excluding carboxylic acids is 2. The summed E-state index contributed by atoms with van der Waals surface area (Å²) in [4.78, 5) is 24.9. The van der Waals surface area contributed by atoms with Gasteiger partial charge in [0.15, 0.2) is 9.84 Å². The van der Waals surface area contributed by atoms with Gasteiger partial charge >= 0.3 is 0 Å². The summed E-state index contributed by atoms with van der Waals surface area (Å²) < 4.78 is 22.9. The third-order valence-corrected chi connectivity index (χ3v) is 5.08. The van der Waals surface area contributed by atoms with Gasteiger partial charge in [0.1, 0.15) is 6.04 Å². The van der Waals surface area contributed by atoms with Crippen molar-refractivity contribution in [2.24, 2.45) is 0 Å². The molecule has 0 bridgehead atoms. The molecular formula is C10H16N2O4S. The molecule has 6 nitrogen and oxygen atoms in total. The van der Waals surface area contributed by atoms with E-state index in [0.717, 1.165) is 0 Å². The largest absolute Gasteiger partial charge is 0.345 e. The molecule has 2 rings (SSSR count).